The third kappa shape index (κ3) is 3.13. The van der Waals surface area contributed by atoms with Crippen LogP contribution in [0, 0.1) is 0 Å². The number of rotatable bonds is 3. The molecule has 0 N–H and O–H groups in total. The van der Waals surface area contributed by atoms with E-state index in [1.165, 1.54) is 0 Å². The first kappa shape index (κ1) is 13.6. The highest BCUT2D eigenvalue weighted by atomic mass is 79.9. The van der Waals surface area contributed by atoms with Crippen molar-refractivity contribution >= 4 is 66.4 Å². The summed E-state index contributed by atoms with van der Waals surface area (Å²) in [6.45, 7) is 0. The van der Waals surface area contributed by atoms with Crippen molar-refractivity contribution in [2.75, 3.05) is 18.3 Å². The number of halogens is 2. The Kier molecular flexibility index (Phi) is 4.02. The van der Waals surface area contributed by atoms with Crippen LogP contribution >= 0.6 is 50.5 Å². The van der Waals surface area contributed by atoms with Gasteiger partial charge in [0.2, 0.25) is 0 Å². The third-order valence-corrected chi connectivity index (χ3v) is 6.20. The second-order valence-corrected chi connectivity index (χ2v) is 14.4. The van der Waals surface area contributed by atoms with Crippen LogP contribution < -0.4 is 0 Å². The van der Waals surface area contributed by atoms with E-state index in [1.54, 1.807) is 11.3 Å². The van der Waals surface area contributed by atoms with E-state index in [0.29, 0.717) is 5.75 Å². The summed E-state index contributed by atoms with van der Waals surface area (Å²) in [5.74, 6) is 0.799. The maximum Gasteiger partial charge on any atom is 0.183 e. The van der Waals surface area contributed by atoms with E-state index >= 15 is 0 Å². The first-order valence-electron chi connectivity index (χ1n) is 4.99. The molecule has 0 radical (unpaired) electrons. The first-order chi connectivity index (χ1) is 7.88. The molecule has 0 amide bonds. The molecule has 0 bridgehead atoms. The largest absolute Gasteiger partial charge is 0.292 e. The molecular weight excluding hydrogens is 384 g/mol. The number of hydrogen-bond donors (Lipinski definition) is 0. The van der Waals surface area contributed by atoms with E-state index in [1.807, 2.05) is 24.3 Å². The molecule has 0 saturated carbocycles. The Morgan fingerprint density at radius 2 is 2.00 bits per heavy atom. The molecule has 0 aliphatic rings. The molecule has 92 valence electrons. The van der Waals surface area contributed by atoms with Gasteiger partial charge in [-0.1, -0.05) is 18.2 Å². The number of thiophene rings is 1. The average Bonchev–Trinajstić information content (AvgIpc) is 2.55. The third-order valence-electron chi connectivity index (χ3n) is 2.26. The lowest BCUT2D eigenvalue weighted by Crippen LogP contribution is -2.07. The van der Waals surface area contributed by atoms with E-state index < -0.39 is 8.46 Å². The fourth-order valence-corrected chi connectivity index (χ4v) is 5.03. The molecule has 2 rings (SSSR count). The summed E-state index contributed by atoms with van der Waals surface area (Å²) < 4.78 is 2.10. The molecule has 0 fully saturated rings. The van der Waals surface area contributed by atoms with E-state index in [0.717, 1.165) is 19.4 Å². The number of ketones is 1. The zero-order chi connectivity index (χ0) is 12.6. The van der Waals surface area contributed by atoms with Gasteiger partial charge in [0.25, 0.3) is 0 Å². The van der Waals surface area contributed by atoms with Gasteiger partial charge in [0, 0.05) is 14.6 Å². The van der Waals surface area contributed by atoms with Crippen LogP contribution in [-0.2, 0) is 0 Å². The molecule has 17 heavy (non-hydrogen) atoms. The van der Waals surface area contributed by atoms with E-state index in [2.05, 4.69) is 43.3 Å². The second-order valence-electron chi connectivity index (χ2n) is 4.21. The molecule has 0 spiro atoms. The normalized spacial score (nSPS) is 12.9. The van der Waals surface area contributed by atoms with Crippen LogP contribution in [0.3, 0.4) is 0 Å². The Morgan fingerprint density at radius 1 is 1.35 bits per heavy atom. The van der Waals surface area contributed by atoms with Crippen molar-refractivity contribution in [3.8, 4) is 0 Å². The SMILES string of the molecule is CS(C)(Br)CC(=O)c1sc2ccccc2c1Br. The van der Waals surface area contributed by atoms with Crippen LogP contribution in [0.2, 0.25) is 0 Å². The van der Waals surface area contributed by atoms with Gasteiger partial charge in [-0.25, -0.2) is 0 Å². The molecule has 0 saturated heterocycles. The molecule has 5 heteroatoms. The monoisotopic (exact) mass is 394 g/mol. The molecule has 1 aromatic heterocycles. The highest BCUT2D eigenvalue weighted by molar-refractivity contribution is 9.58. The molecule has 1 heterocycles. The molecule has 0 aliphatic carbocycles. The minimum absolute atomic E-state index is 0.218. The Labute approximate surface area is 122 Å². The number of carbonyl (C=O) groups excluding carboxylic acids is 1. The lowest BCUT2D eigenvalue weighted by atomic mass is 10.2. The summed E-state index contributed by atoms with van der Waals surface area (Å²) in [7, 11) is -0.977. The number of fused-ring (bicyclic) bond motifs is 1. The predicted molar refractivity (Wildman–Crippen MR) is 87.1 cm³/mol. The van der Waals surface area contributed by atoms with Gasteiger partial charge in [-0.2, -0.15) is 8.46 Å². The van der Waals surface area contributed by atoms with Gasteiger partial charge in [-0.15, -0.1) is 11.3 Å². The van der Waals surface area contributed by atoms with E-state index in [9.17, 15) is 4.79 Å². The second kappa shape index (κ2) is 5.03. The van der Waals surface area contributed by atoms with Crippen LogP contribution in [0.5, 0.6) is 0 Å². The van der Waals surface area contributed by atoms with Crippen molar-refractivity contribution in [1.29, 1.82) is 0 Å². The van der Waals surface area contributed by atoms with Gasteiger partial charge in [-0.05, 0) is 49.3 Å². The topological polar surface area (TPSA) is 17.1 Å². The standard InChI is InChI=1S/C12H12Br2OS2/c1-17(2,14)7-9(15)12-11(13)8-5-3-4-6-10(8)16-12/h3-6H,7H2,1-2H3. The summed E-state index contributed by atoms with van der Waals surface area (Å²) in [5.41, 5.74) is 0. The van der Waals surface area contributed by atoms with Gasteiger partial charge in [-0.3, -0.25) is 4.79 Å². The summed E-state index contributed by atoms with van der Waals surface area (Å²) >= 11 is 8.71. The van der Waals surface area contributed by atoms with Gasteiger partial charge < -0.3 is 0 Å². The molecule has 0 aliphatic heterocycles. The summed E-state index contributed by atoms with van der Waals surface area (Å²) in [6.07, 6.45) is 4.18. The van der Waals surface area contributed by atoms with Crippen molar-refractivity contribution < 1.29 is 4.79 Å². The van der Waals surface area contributed by atoms with Crippen molar-refractivity contribution in [3.05, 3.63) is 33.6 Å². The molecular formula is C12H12Br2OS2. The van der Waals surface area contributed by atoms with Gasteiger partial charge in [0.15, 0.2) is 5.78 Å². The fourth-order valence-electron chi connectivity index (χ4n) is 1.57. The van der Waals surface area contributed by atoms with Crippen molar-refractivity contribution in [1.82, 2.24) is 0 Å². The minimum atomic E-state index is -0.977. The lowest BCUT2D eigenvalue weighted by Gasteiger charge is -2.20. The quantitative estimate of drug-likeness (QED) is 0.651. The van der Waals surface area contributed by atoms with Crippen LogP contribution in [0.25, 0.3) is 10.1 Å². The van der Waals surface area contributed by atoms with Crippen molar-refractivity contribution in [2.24, 2.45) is 0 Å². The maximum absolute atomic E-state index is 12.2. The Bertz CT molecular complexity index is 569. The summed E-state index contributed by atoms with van der Waals surface area (Å²) in [5, 5.41) is 1.13. The number of carbonyl (C=O) groups is 1. The Balaban J connectivity index is 2.43. The smallest absolute Gasteiger partial charge is 0.183 e. The Hall–Kier alpha value is 0.160. The Morgan fingerprint density at radius 3 is 2.59 bits per heavy atom. The molecule has 2 aromatic rings. The zero-order valence-corrected chi connectivity index (χ0v) is 14.3. The molecule has 0 unspecified atom stereocenters. The molecule has 1 nitrogen and oxygen atoms in total. The molecule has 1 aromatic carbocycles. The number of hydrogen-bond acceptors (Lipinski definition) is 2. The lowest BCUT2D eigenvalue weighted by molar-refractivity contribution is 0.102. The van der Waals surface area contributed by atoms with Gasteiger partial charge in [0.1, 0.15) is 0 Å². The van der Waals surface area contributed by atoms with Crippen LogP contribution in [0.4, 0.5) is 0 Å². The van der Waals surface area contributed by atoms with Crippen LogP contribution in [0.15, 0.2) is 28.7 Å². The first-order valence-corrected chi connectivity index (χ1v) is 11.1. The zero-order valence-electron chi connectivity index (χ0n) is 9.50. The van der Waals surface area contributed by atoms with Crippen LogP contribution in [-0.4, -0.2) is 24.0 Å². The van der Waals surface area contributed by atoms with E-state index in [4.69, 9.17) is 0 Å². The van der Waals surface area contributed by atoms with Crippen molar-refractivity contribution in [2.45, 2.75) is 0 Å². The van der Waals surface area contributed by atoms with Crippen LogP contribution in [0.1, 0.15) is 9.67 Å². The highest BCUT2D eigenvalue weighted by Crippen LogP contribution is 2.49. The van der Waals surface area contributed by atoms with Gasteiger partial charge >= 0.3 is 0 Å². The summed E-state index contributed by atoms with van der Waals surface area (Å²) in [4.78, 5) is 13.1. The highest BCUT2D eigenvalue weighted by Gasteiger charge is 2.20. The molecule has 0 atom stereocenters. The summed E-state index contributed by atoms with van der Waals surface area (Å²) in [6, 6.07) is 8.08. The predicted octanol–water partition coefficient (Wildman–Crippen LogP) is 5.22. The van der Waals surface area contributed by atoms with Crippen molar-refractivity contribution in [3.63, 3.8) is 0 Å². The maximum atomic E-state index is 12.2. The van der Waals surface area contributed by atoms with E-state index in [-0.39, 0.29) is 5.78 Å². The number of Topliss-reactive ketones (excluding diaryl/α,β-unsaturated/α-hetero) is 1. The minimum Gasteiger partial charge on any atom is -0.292 e. The fraction of sp³-hybridized carbons (Fsp3) is 0.250. The average molecular weight is 396 g/mol. The number of benzene rings is 1. The van der Waals surface area contributed by atoms with Gasteiger partial charge in [0.05, 0.1) is 10.6 Å².